The van der Waals surface area contributed by atoms with Crippen molar-refractivity contribution >= 4 is 29.2 Å². The van der Waals surface area contributed by atoms with E-state index in [1.807, 2.05) is 0 Å². The maximum absolute atomic E-state index is 11.7. The van der Waals surface area contributed by atoms with Crippen LogP contribution in [0.1, 0.15) is 16.8 Å². The van der Waals surface area contributed by atoms with E-state index in [2.05, 4.69) is 4.74 Å². The zero-order valence-electron chi connectivity index (χ0n) is 9.72. The average Bonchev–Trinajstić information content (AvgIpc) is 2.66. The normalized spacial score (nSPS) is 19.2. The van der Waals surface area contributed by atoms with Crippen molar-refractivity contribution in [2.75, 3.05) is 18.6 Å². The predicted molar refractivity (Wildman–Crippen MR) is 65.8 cm³/mol. The van der Waals surface area contributed by atoms with Crippen molar-refractivity contribution in [2.45, 2.75) is 12.5 Å². The molecule has 1 aromatic rings. The van der Waals surface area contributed by atoms with Gasteiger partial charge in [0.05, 0.1) is 31.7 Å². The summed E-state index contributed by atoms with van der Waals surface area (Å²) < 4.78 is 4.61. The van der Waals surface area contributed by atoms with Crippen molar-refractivity contribution in [3.05, 3.63) is 28.8 Å². The zero-order valence-corrected chi connectivity index (χ0v) is 10.5. The first-order valence-corrected chi connectivity index (χ1v) is 5.76. The van der Waals surface area contributed by atoms with Gasteiger partial charge in [0, 0.05) is 10.7 Å². The topological polar surface area (TPSA) is 66.8 Å². The standard InChI is InChI=1S/C12H12ClNO4/c1-18-12(17)7-2-8(13)4-9(3-7)14-6-10(15)5-11(14)16/h2-4,10,15H,5-6H2,1H3. The molecule has 0 radical (unpaired) electrons. The highest BCUT2D eigenvalue weighted by molar-refractivity contribution is 6.31. The molecule has 0 saturated carbocycles. The Morgan fingerprint density at radius 2 is 2.22 bits per heavy atom. The van der Waals surface area contributed by atoms with Gasteiger partial charge in [-0.1, -0.05) is 11.6 Å². The Morgan fingerprint density at radius 1 is 1.50 bits per heavy atom. The number of aliphatic hydroxyl groups is 1. The molecular formula is C12H12ClNO4. The fraction of sp³-hybridized carbons (Fsp3) is 0.333. The van der Waals surface area contributed by atoms with Crippen LogP contribution in [-0.4, -0.2) is 36.7 Å². The summed E-state index contributed by atoms with van der Waals surface area (Å²) in [6, 6.07) is 4.56. The van der Waals surface area contributed by atoms with Crippen LogP contribution in [0.2, 0.25) is 5.02 Å². The minimum atomic E-state index is -0.682. The lowest BCUT2D eigenvalue weighted by Crippen LogP contribution is -2.25. The van der Waals surface area contributed by atoms with Crippen LogP contribution in [-0.2, 0) is 9.53 Å². The first kappa shape index (κ1) is 12.9. The van der Waals surface area contributed by atoms with E-state index < -0.39 is 12.1 Å². The van der Waals surface area contributed by atoms with Crippen molar-refractivity contribution in [1.82, 2.24) is 0 Å². The number of β-amino-alcohol motifs (C(OH)–C–C–N with tert-alkyl or cyclic N) is 1. The SMILES string of the molecule is COC(=O)c1cc(Cl)cc(N2CC(O)CC2=O)c1. The van der Waals surface area contributed by atoms with Crippen molar-refractivity contribution in [1.29, 1.82) is 0 Å². The minimum absolute atomic E-state index is 0.0834. The Labute approximate surface area is 109 Å². The fourth-order valence-electron chi connectivity index (χ4n) is 1.90. The van der Waals surface area contributed by atoms with Crippen molar-refractivity contribution in [3.63, 3.8) is 0 Å². The minimum Gasteiger partial charge on any atom is -0.465 e. The molecule has 96 valence electrons. The number of benzene rings is 1. The highest BCUT2D eigenvalue weighted by Crippen LogP contribution is 2.26. The number of methoxy groups -OCH3 is 1. The summed E-state index contributed by atoms with van der Waals surface area (Å²) >= 11 is 5.91. The smallest absolute Gasteiger partial charge is 0.337 e. The summed E-state index contributed by atoms with van der Waals surface area (Å²) in [5.74, 6) is -0.716. The highest BCUT2D eigenvalue weighted by Gasteiger charge is 2.29. The lowest BCUT2D eigenvalue weighted by Gasteiger charge is -2.17. The Hall–Kier alpha value is -1.59. The first-order chi connectivity index (χ1) is 8.51. The van der Waals surface area contributed by atoms with E-state index in [0.29, 0.717) is 10.7 Å². The number of anilines is 1. The van der Waals surface area contributed by atoms with Gasteiger partial charge in [0.15, 0.2) is 0 Å². The van der Waals surface area contributed by atoms with Gasteiger partial charge in [-0.15, -0.1) is 0 Å². The van der Waals surface area contributed by atoms with Gasteiger partial charge in [0.2, 0.25) is 5.91 Å². The monoisotopic (exact) mass is 269 g/mol. The lowest BCUT2D eigenvalue weighted by molar-refractivity contribution is -0.117. The van der Waals surface area contributed by atoms with Crippen LogP contribution in [0, 0.1) is 0 Å². The van der Waals surface area contributed by atoms with Crippen molar-refractivity contribution in [3.8, 4) is 0 Å². The number of nitrogens with zero attached hydrogens (tertiary/aromatic N) is 1. The van der Waals surface area contributed by atoms with Crippen LogP contribution in [0.5, 0.6) is 0 Å². The number of aliphatic hydroxyl groups excluding tert-OH is 1. The molecule has 0 aromatic heterocycles. The van der Waals surface area contributed by atoms with Gasteiger partial charge in [-0.3, -0.25) is 4.79 Å². The number of ether oxygens (including phenoxy) is 1. The Morgan fingerprint density at radius 3 is 2.78 bits per heavy atom. The molecule has 1 unspecified atom stereocenters. The zero-order chi connectivity index (χ0) is 13.3. The van der Waals surface area contributed by atoms with Gasteiger partial charge in [0.25, 0.3) is 0 Å². The second-order valence-corrected chi connectivity index (χ2v) is 4.49. The number of hydrogen-bond donors (Lipinski definition) is 1. The second-order valence-electron chi connectivity index (χ2n) is 4.05. The molecule has 18 heavy (non-hydrogen) atoms. The van der Waals surface area contributed by atoms with Crippen molar-refractivity contribution in [2.24, 2.45) is 0 Å². The van der Waals surface area contributed by atoms with E-state index in [1.54, 1.807) is 6.07 Å². The Kier molecular flexibility index (Phi) is 3.54. The molecule has 6 heteroatoms. The third-order valence-electron chi connectivity index (χ3n) is 2.72. The van der Waals surface area contributed by atoms with Gasteiger partial charge in [-0.2, -0.15) is 0 Å². The van der Waals surface area contributed by atoms with E-state index in [0.717, 1.165) is 0 Å². The molecular weight excluding hydrogens is 258 g/mol. The quantitative estimate of drug-likeness (QED) is 0.820. The Bertz CT molecular complexity index is 503. The number of carbonyl (C=O) groups is 2. The molecule has 1 fully saturated rings. The van der Waals surface area contributed by atoms with Crippen LogP contribution < -0.4 is 4.90 Å². The van der Waals surface area contributed by atoms with E-state index in [4.69, 9.17) is 11.6 Å². The number of esters is 1. The molecule has 0 aliphatic carbocycles. The summed E-state index contributed by atoms with van der Waals surface area (Å²) in [6.45, 7) is 0.208. The van der Waals surface area contributed by atoms with Crippen LogP contribution in [0.3, 0.4) is 0 Å². The summed E-state index contributed by atoms with van der Waals surface area (Å²) in [7, 11) is 1.27. The number of hydrogen-bond acceptors (Lipinski definition) is 4. The van der Waals surface area contributed by atoms with E-state index in [9.17, 15) is 14.7 Å². The van der Waals surface area contributed by atoms with Crippen LogP contribution in [0.25, 0.3) is 0 Å². The predicted octanol–water partition coefficient (Wildman–Crippen LogP) is 1.22. The molecule has 1 aromatic carbocycles. The van der Waals surface area contributed by atoms with Gasteiger partial charge in [-0.25, -0.2) is 4.79 Å². The molecule has 5 nitrogen and oxygen atoms in total. The average molecular weight is 270 g/mol. The van der Waals surface area contributed by atoms with E-state index in [1.165, 1.54) is 24.1 Å². The third-order valence-corrected chi connectivity index (χ3v) is 2.94. The maximum Gasteiger partial charge on any atom is 0.337 e. The van der Waals surface area contributed by atoms with Gasteiger partial charge >= 0.3 is 5.97 Å². The summed E-state index contributed by atoms with van der Waals surface area (Å²) in [5, 5.41) is 9.77. The number of rotatable bonds is 2. The van der Waals surface area contributed by atoms with Crippen LogP contribution >= 0.6 is 11.6 Å². The molecule has 1 heterocycles. The van der Waals surface area contributed by atoms with Crippen LogP contribution in [0.15, 0.2) is 18.2 Å². The third kappa shape index (κ3) is 2.47. The first-order valence-electron chi connectivity index (χ1n) is 5.38. The van der Waals surface area contributed by atoms with E-state index >= 15 is 0 Å². The number of amides is 1. The summed E-state index contributed by atoms with van der Waals surface area (Å²) in [5.41, 5.74) is 0.763. The number of carbonyl (C=O) groups excluding carboxylic acids is 2. The molecule has 1 aliphatic rings. The maximum atomic E-state index is 11.7. The van der Waals surface area contributed by atoms with Crippen LogP contribution in [0.4, 0.5) is 5.69 Å². The van der Waals surface area contributed by atoms with Gasteiger partial charge < -0.3 is 14.7 Å². The lowest BCUT2D eigenvalue weighted by atomic mass is 10.2. The summed E-state index contributed by atoms with van der Waals surface area (Å²) in [4.78, 5) is 24.5. The molecule has 1 amide bonds. The Balaban J connectivity index is 2.36. The van der Waals surface area contributed by atoms with Gasteiger partial charge in [-0.05, 0) is 18.2 Å². The molecule has 0 bridgehead atoms. The van der Waals surface area contributed by atoms with Crippen molar-refractivity contribution < 1.29 is 19.4 Å². The molecule has 2 rings (SSSR count). The molecule has 1 saturated heterocycles. The molecule has 0 spiro atoms. The molecule has 1 atom stereocenters. The van der Waals surface area contributed by atoms with Gasteiger partial charge in [0.1, 0.15) is 0 Å². The fourth-order valence-corrected chi connectivity index (χ4v) is 2.13. The summed E-state index contributed by atoms with van der Waals surface area (Å²) in [6.07, 6.45) is -0.599. The number of halogens is 1. The molecule has 1 aliphatic heterocycles. The largest absolute Gasteiger partial charge is 0.465 e. The highest BCUT2D eigenvalue weighted by atomic mass is 35.5. The van der Waals surface area contributed by atoms with E-state index in [-0.39, 0.29) is 24.4 Å². The molecule has 1 N–H and O–H groups in total. The second kappa shape index (κ2) is 4.96.